The maximum atomic E-state index is 13.5. The number of hydrogen-bond donors (Lipinski definition) is 1. The van der Waals surface area contributed by atoms with Crippen LogP contribution in [0, 0.1) is 5.41 Å². The lowest BCUT2D eigenvalue weighted by Gasteiger charge is -2.60. The smallest absolute Gasteiger partial charge is 0.410 e. The minimum Gasteiger partial charge on any atom is -0.496 e. The average Bonchev–Trinajstić information content (AvgIpc) is 3.41. The third-order valence-electron chi connectivity index (χ3n) is 8.16. The third-order valence-corrected chi connectivity index (χ3v) is 9.12. The Kier molecular flexibility index (Phi) is 8.97. The van der Waals surface area contributed by atoms with Gasteiger partial charge in [0.1, 0.15) is 11.4 Å². The highest BCUT2D eigenvalue weighted by Gasteiger charge is 2.56. The molecular weight excluding hydrogens is 578 g/mol. The van der Waals surface area contributed by atoms with Gasteiger partial charge in [0.05, 0.1) is 47.0 Å². The normalized spacial score (nSPS) is 15.7. The number of hydrogen-bond acceptors (Lipinski definition) is 8. The molecule has 0 unspecified atom stereocenters. The maximum absolute atomic E-state index is 13.5. The molecular formula is C33H41N5O5S. The number of ether oxygens (including phenoxy) is 2. The van der Waals surface area contributed by atoms with Crippen LogP contribution in [0.25, 0.3) is 21.8 Å². The Balaban J connectivity index is 1.22. The van der Waals surface area contributed by atoms with Crippen LogP contribution in [0.1, 0.15) is 70.2 Å². The monoisotopic (exact) mass is 619 g/mol. The van der Waals surface area contributed by atoms with Gasteiger partial charge in [-0.25, -0.2) is 9.78 Å². The SMILES string of the molecule is CCCCC(=O)Nc1csc(-c2cncc(-c3ccc(C(=O)N(C)C4CC5(C4)CN(C(=O)OC(C)(C)C)C5)c(OC)c3)n2)c1. The van der Waals surface area contributed by atoms with Crippen molar-refractivity contribution in [2.24, 2.45) is 5.41 Å². The molecule has 5 rings (SSSR count). The highest BCUT2D eigenvalue weighted by atomic mass is 32.1. The van der Waals surface area contributed by atoms with Gasteiger partial charge in [-0.15, -0.1) is 11.3 Å². The number of likely N-dealkylation sites (tertiary alicyclic amines) is 1. The van der Waals surface area contributed by atoms with Crippen LogP contribution in [0.4, 0.5) is 10.5 Å². The molecule has 1 aromatic carbocycles. The van der Waals surface area contributed by atoms with Gasteiger partial charge in [-0.3, -0.25) is 14.6 Å². The molecule has 1 aliphatic carbocycles. The number of anilines is 1. The first kappa shape index (κ1) is 31.4. The van der Waals surface area contributed by atoms with Crippen LogP contribution in [-0.4, -0.2) is 76.6 Å². The topological polar surface area (TPSA) is 114 Å². The number of methoxy groups -OCH3 is 1. The van der Waals surface area contributed by atoms with Gasteiger partial charge in [-0.05, 0) is 58.2 Å². The summed E-state index contributed by atoms with van der Waals surface area (Å²) in [5.41, 5.74) is 2.91. The van der Waals surface area contributed by atoms with Crippen molar-refractivity contribution in [1.82, 2.24) is 19.8 Å². The number of aromatic nitrogens is 2. The number of amides is 3. The first-order valence-corrected chi connectivity index (χ1v) is 15.9. The number of benzene rings is 1. The maximum Gasteiger partial charge on any atom is 0.410 e. The van der Waals surface area contributed by atoms with Gasteiger partial charge in [0.2, 0.25) is 5.91 Å². The van der Waals surface area contributed by atoms with Crippen LogP contribution >= 0.6 is 11.3 Å². The lowest BCUT2D eigenvalue weighted by molar-refractivity contribution is -0.116. The fourth-order valence-electron chi connectivity index (χ4n) is 5.79. The Labute approximate surface area is 262 Å². The summed E-state index contributed by atoms with van der Waals surface area (Å²) in [5.74, 6) is 0.366. The predicted octanol–water partition coefficient (Wildman–Crippen LogP) is 6.48. The summed E-state index contributed by atoms with van der Waals surface area (Å²) < 4.78 is 11.1. The largest absolute Gasteiger partial charge is 0.496 e. The molecule has 0 radical (unpaired) electrons. The zero-order valence-electron chi connectivity index (χ0n) is 26.3. The highest BCUT2D eigenvalue weighted by Crippen LogP contribution is 2.50. The second kappa shape index (κ2) is 12.6. The molecule has 1 saturated carbocycles. The minimum atomic E-state index is -0.513. The molecule has 0 atom stereocenters. The number of carbonyl (C=O) groups is 3. The van der Waals surface area contributed by atoms with Crippen molar-refractivity contribution >= 4 is 34.9 Å². The summed E-state index contributed by atoms with van der Waals surface area (Å²) in [7, 11) is 3.38. The van der Waals surface area contributed by atoms with E-state index in [1.165, 1.54) is 11.3 Å². The van der Waals surface area contributed by atoms with Crippen LogP contribution in [0.15, 0.2) is 42.0 Å². The van der Waals surface area contributed by atoms with E-state index in [0.717, 1.165) is 41.8 Å². The van der Waals surface area contributed by atoms with Crippen LogP contribution in [0.2, 0.25) is 0 Å². The van der Waals surface area contributed by atoms with Gasteiger partial charge in [-0.1, -0.05) is 19.4 Å². The van der Waals surface area contributed by atoms with Crippen LogP contribution < -0.4 is 10.1 Å². The van der Waals surface area contributed by atoms with Crippen LogP contribution in [-0.2, 0) is 9.53 Å². The van der Waals surface area contributed by atoms with E-state index >= 15 is 0 Å². The Morgan fingerprint density at radius 2 is 1.86 bits per heavy atom. The lowest BCUT2D eigenvalue weighted by atomic mass is 9.60. The fourth-order valence-corrected chi connectivity index (χ4v) is 6.59. The number of nitrogens with one attached hydrogen (secondary N) is 1. The van der Waals surface area contributed by atoms with E-state index in [9.17, 15) is 14.4 Å². The molecule has 2 fully saturated rings. The third kappa shape index (κ3) is 6.88. The van der Waals surface area contributed by atoms with Gasteiger partial charge in [0, 0.05) is 49.0 Å². The van der Waals surface area contributed by atoms with Crippen molar-refractivity contribution in [3.05, 3.63) is 47.6 Å². The van der Waals surface area contributed by atoms with E-state index in [1.807, 2.05) is 51.4 Å². The minimum absolute atomic E-state index is 0.00750. The molecule has 2 aromatic heterocycles. The molecule has 3 aromatic rings. The van der Waals surface area contributed by atoms with E-state index < -0.39 is 5.60 Å². The predicted molar refractivity (Wildman–Crippen MR) is 171 cm³/mol. The van der Waals surface area contributed by atoms with Crippen molar-refractivity contribution < 1.29 is 23.9 Å². The van der Waals surface area contributed by atoms with Gasteiger partial charge in [0.25, 0.3) is 5.91 Å². The summed E-state index contributed by atoms with van der Waals surface area (Å²) in [6.45, 7) is 8.99. The van der Waals surface area contributed by atoms with Gasteiger partial charge in [0.15, 0.2) is 0 Å². The fraction of sp³-hybridized carbons (Fsp3) is 0.485. The van der Waals surface area contributed by atoms with E-state index in [0.29, 0.717) is 42.2 Å². The number of rotatable bonds is 9. The summed E-state index contributed by atoms with van der Waals surface area (Å²) >= 11 is 1.49. The second-order valence-corrected chi connectivity index (χ2v) is 13.8. The number of carbonyl (C=O) groups excluding carboxylic acids is 3. The van der Waals surface area contributed by atoms with Crippen molar-refractivity contribution in [3.63, 3.8) is 0 Å². The molecule has 234 valence electrons. The quantitative estimate of drug-likeness (QED) is 0.292. The summed E-state index contributed by atoms with van der Waals surface area (Å²) in [5, 5.41) is 4.85. The van der Waals surface area contributed by atoms with Gasteiger partial charge < -0.3 is 24.6 Å². The lowest BCUT2D eigenvalue weighted by Crippen LogP contribution is -2.68. The van der Waals surface area contributed by atoms with Crippen molar-refractivity contribution in [2.75, 3.05) is 32.6 Å². The second-order valence-electron chi connectivity index (χ2n) is 12.9. The Morgan fingerprint density at radius 3 is 2.55 bits per heavy atom. The molecule has 11 heteroatoms. The van der Waals surface area contributed by atoms with E-state index in [2.05, 4.69) is 17.2 Å². The molecule has 10 nitrogen and oxygen atoms in total. The van der Waals surface area contributed by atoms with Crippen LogP contribution in [0.3, 0.4) is 0 Å². The highest BCUT2D eigenvalue weighted by molar-refractivity contribution is 7.14. The van der Waals surface area contributed by atoms with Crippen molar-refractivity contribution in [2.45, 2.75) is 71.4 Å². The number of unbranched alkanes of at least 4 members (excludes halogenated alkanes) is 1. The first-order chi connectivity index (χ1) is 20.9. The number of nitrogens with zero attached hydrogens (tertiary/aromatic N) is 4. The zero-order chi connectivity index (χ0) is 31.6. The first-order valence-electron chi connectivity index (χ1n) is 15.0. The standard InChI is InChI=1S/C33H41N5O5S/c1-7-8-9-29(39)35-22-13-28(44-18-22)26-17-34-16-25(36-26)21-10-11-24(27(12-21)42-6)30(40)37(5)23-14-33(15-23)19-38(20-33)31(41)43-32(2,3)4/h10-13,16-18,23H,7-9,14-15,19-20H2,1-6H3,(H,35,39). The van der Waals surface area contributed by atoms with Crippen molar-refractivity contribution in [3.8, 4) is 27.6 Å². The van der Waals surface area contributed by atoms with Gasteiger partial charge in [-0.2, -0.15) is 0 Å². The molecule has 2 aliphatic rings. The van der Waals surface area contributed by atoms with E-state index in [1.54, 1.807) is 35.4 Å². The zero-order valence-corrected chi connectivity index (χ0v) is 27.1. The van der Waals surface area contributed by atoms with Crippen molar-refractivity contribution in [1.29, 1.82) is 0 Å². The van der Waals surface area contributed by atoms with Crippen LogP contribution in [0.5, 0.6) is 5.75 Å². The summed E-state index contributed by atoms with van der Waals surface area (Å²) in [6, 6.07) is 7.46. The van der Waals surface area contributed by atoms with Gasteiger partial charge >= 0.3 is 6.09 Å². The summed E-state index contributed by atoms with van der Waals surface area (Å²) in [6.07, 6.45) is 7.14. The molecule has 1 spiro atoms. The average molecular weight is 620 g/mol. The molecule has 1 N–H and O–H groups in total. The molecule has 44 heavy (non-hydrogen) atoms. The number of thiophene rings is 1. The Bertz CT molecular complexity index is 1530. The Morgan fingerprint density at radius 1 is 1.14 bits per heavy atom. The molecule has 1 aliphatic heterocycles. The van der Waals surface area contributed by atoms with E-state index in [-0.39, 0.29) is 29.4 Å². The molecule has 1 saturated heterocycles. The molecule has 0 bridgehead atoms. The molecule has 3 amide bonds. The summed E-state index contributed by atoms with van der Waals surface area (Å²) in [4.78, 5) is 51.6. The Hall–Kier alpha value is -3.99. The molecule has 3 heterocycles. The van der Waals surface area contributed by atoms with E-state index in [4.69, 9.17) is 14.5 Å².